The zero-order chi connectivity index (χ0) is 19.3. The van der Waals surface area contributed by atoms with E-state index >= 15 is 0 Å². The van der Waals surface area contributed by atoms with Crippen LogP contribution in [0, 0.1) is 5.41 Å². The summed E-state index contributed by atoms with van der Waals surface area (Å²) in [5, 5.41) is 12.1. The third-order valence-electron chi connectivity index (χ3n) is 4.88. The van der Waals surface area contributed by atoms with Crippen molar-refractivity contribution >= 4 is 12.0 Å². The first-order valence-corrected chi connectivity index (χ1v) is 9.03. The molecule has 1 unspecified atom stereocenters. The minimum atomic E-state index is -0.862. The zero-order valence-electron chi connectivity index (χ0n) is 15.4. The minimum absolute atomic E-state index is 0.228. The van der Waals surface area contributed by atoms with Crippen molar-refractivity contribution in [3.05, 3.63) is 54.6 Å². The Morgan fingerprint density at radius 1 is 1.15 bits per heavy atom. The number of ether oxygens (including phenoxy) is 1. The van der Waals surface area contributed by atoms with Crippen molar-refractivity contribution in [3.8, 4) is 16.9 Å². The first-order valence-electron chi connectivity index (χ1n) is 9.03. The van der Waals surface area contributed by atoms with E-state index in [-0.39, 0.29) is 12.6 Å². The number of urea groups is 1. The lowest BCUT2D eigenvalue weighted by atomic mass is 9.90. The number of nitrogens with one attached hydrogen (secondary N) is 1. The highest BCUT2D eigenvalue weighted by Gasteiger charge is 2.42. The van der Waals surface area contributed by atoms with Gasteiger partial charge in [-0.3, -0.25) is 4.79 Å². The highest BCUT2D eigenvalue weighted by atomic mass is 16.5. The maximum absolute atomic E-state index is 12.2. The predicted octanol–water partition coefficient (Wildman–Crippen LogP) is 3.24. The van der Waals surface area contributed by atoms with Crippen LogP contribution in [0.4, 0.5) is 4.79 Å². The largest absolute Gasteiger partial charge is 0.491 e. The van der Waals surface area contributed by atoms with Gasteiger partial charge in [0, 0.05) is 18.7 Å². The zero-order valence-corrected chi connectivity index (χ0v) is 15.4. The van der Waals surface area contributed by atoms with E-state index < -0.39 is 11.4 Å². The lowest BCUT2D eigenvalue weighted by Crippen LogP contribution is -2.42. The molecule has 1 fully saturated rings. The molecule has 1 heterocycles. The number of likely N-dealkylation sites (tertiary alicyclic amines) is 1. The van der Waals surface area contributed by atoms with Crippen molar-refractivity contribution < 1.29 is 19.4 Å². The van der Waals surface area contributed by atoms with E-state index in [0.29, 0.717) is 26.1 Å². The number of carbonyl (C=O) groups is 2. The molecular weight excluding hydrogens is 344 g/mol. The van der Waals surface area contributed by atoms with E-state index in [0.717, 1.165) is 16.9 Å². The fraction of sp³-hybridized carbons (Fsp3) is 0.333. The molecule has 0 saturated carbocycles. The Kier molecular flexibility index (Phi) is 5.64. The Hall–Kier alpha value is -3.02. The Morgan fingerprint density at radius 3 is 2.56 bits per heavy atom. The van der Waals surface area contributed by atoms with Gasteiger partial charge in [0.15, 0.2) is 0 Å². The SMILES string of the molecule is CC1(C(=O)O)CCN(C(=O)NCCOc2ccccc2-c2ccccc2)C1. The predicted molar refractivity (Wildman–Crippen MR) is 103 cm³/mol. The minimum Gasteiger partial charge on any atom is -0.491 e. The fourth-order valence-electron chi connectivity index (χ4n) is 3.19. The third-order valence-corrected chi connectivity index (χ3v) is 4.88. The van der Waals surface area contributed by atoms with Gasteiger partial charge in [-0.15, -0.1) is 0 Å². The number of carboxylic acid groups (broad SMARTS) is 1. The van der Waals surface area contributed by atoms with Gasteiger partial charge in [0.05, 0.1) is 12.0 Å². The van der Waals surface area contributed by atoms with Crippen LogP contribution < -0.4 is 10.1 Å². The molecule has 27 heavy (non-hydrogen) atoms. The number of benzene rings is 2. The summed E-state index contributed by atoms with van der Waals surface area (Å²) >= 11 is 0. The standard InChI is InChI=1S/C21H24N2O4/c1-21(19(24)25)11-13-23(15-21)20(26)22-12-14-27-18-10-6-5-9-17(18)16-7-3-2-4-8-16/h2-10H,11-15H2,1H3,(H,22,26)(H,24,25). The molecular formula is C21H24N2O4. The lowest BCUT2D eigenvalue weighted by molar-refractivity contribution is -0.147. The van der Waals surface area contributed by atoms with Crippen LogP contribution in [-0.4, -0.2) is 48.2 Å². The highest BCUT2D eigenvalue weighted by molar-refractivity contribution is 5.79. The summed E-state index contributed by atoms with van der Waals surface area (Å²) in [5.41, 5.74) is 1.21. The summed E-state index contributed by atoms with van der Waals surface area (Å²) in [5.74, 6) is -0.101. The molecule has 2 aromatic carbocycles. The number of carbonyl (C=O) groups excluding carboxylic acids is 1. The van der Waals surface area contributed by atoms with Crippen LogP contribution in [0.15, 0.2) is 54.6 Å². The molecule has 1 saturated heterocycles. The Labute approximate surface area is 158 Å². The van der Waals surface area contributed by atoms with Crippen LogP contribution in [0.2, 0.25) is 0 Å². The fourth-order valence-corrected chi connectivity index (χ4v) is 3.19. The Morgan fingerprint density at radius 2 is 1.85 bits per heavy atom. The maximum atomic E-state index is 12.2. The number of amides is 2. The molecule has 1 atom stereocenters. The van der Waals surface area contributed by atoms with Crippen molar-refractivity contribution in [2.24, 2.45) is 5.41 Å². The quantitative estimate of drug-likeness (QED) is 0.767. The van der Waals surface area contributed by atoms with Crippen molar-refractivity contribution in [1.29, 1.82) is 0 Å². The topological polar surface area (TPSA) is 78.9 Å². The van der Waals surface area contributed by atoms with Gasteiger partial charge in [0.2, 0.25) is 0 Å². The summed E-state index contributed by atoms with van der Waals surface area (Å²) in [6, 6.07) is 17.5. The van der Waals surface area contributed by atoms with Gasteiger partial charge in [-0.25, -0.2) is 4.79 Å². The normalized spacial score (nSPS) is 18.9. The molecule has 0 radical (unpaired) electrons. The van der Waals surface area contributed by atoms with Gasteiger partial charge >= 0.3 is 12.0 Å². The van der Waals surface area contributed by atoms with E-state index in [9.17, 15) is 14.7 Å². The smallest absolute Gasteiger partial charge is 0.317 e. The van der Waals surface area contributed by atoms with E-state index in [1.54, 1.807) is 11.8 Å². The molecule has 6 nitrogen and oxygen atoms in total. The first kappa shape index (κ1) is 18.8. The molecule has 2 aromatic rings. The van der Waals surface area contributed by atoms with E-state index in [1.165, 1.54) is 0 Å². The summed E-state index contributed by atoms with van der Waals surface area (Å²) in [4.78, 5) is 25.0. The van der Waals surface area contributed by atoms with Gasteiger partial charge in [0.1, 0.15) is 12.4 Å². The Balaban J connectivity index is 1.50. The molecule has 0 spiro atoms. The first-order chi connectivity index (χ1) is 13.0. The molecule has 1 aliphatic heterocycles. The van der Waals surface area contributed by atoms with Crippen molar-refractivity contribution in [2.45, 2.75) is 13.3 Å². The number of carboxylic acids is 1. The van der Waals surface area contributed by atoms with Crippen LogP contribution in [0.25, 0.3) is 11.1 Å². The molecule has 0 aromatic heterocycles. The summed E-state index contributed by atoms with van der Waals surface area (Å²) in [6.07, 6.45) is 0.469. The van der Waals surface area contributed by atoms with Crippen LogP contribution >= 0.6 is 0 Å². The average molecular weight is 368 g/mol. The third kappa shape index (κ3) is 4.39. The Bertz CT molecular complexity index is 809. The van der Waals surface area contributed by atoms with Crippen molar-refractivity contribution in [3.63, 3.8) is 0 Å². The van der Waals surface area contributed by atoms with Crippen LogP contribution in [0.3, 0.4) is 0 Å². The van der Waals surface area contributed by atoms with Gasteiger partial charge in [-0.2, -0.15) is 0 Å². The monoisotopic (exact) mass is 368 g/mol. The average Bonchev–Trinajstić information content (AvgIpc) is 3.10. The second-order valence-electron chi connectivity index (χ2n) is 6.98. The van der Waals surface area contributed by atoms with Gasteiger partial charge in [-0.05, 0) is 25.0 Å². The maximum Gasteiger partial charge on any atom is 0.317 e. The molecule has 0 bridgehead atoms. The number of para-hydroxylation sites is 1. The number of hydrogen-bond acceptors (Lipinski definition) is 3. The van der Waals surface area contributed by atoms with Crippen molar-refractivity contribution in [1.82, 2.24) is 10.2 Å². The number of nitrogens with zero attached hydrogens (tertiary/aromatic N) is 1. The van der Waals surface area contributed by atoms with Crippen molar-refractivity contribution in [2.75, 3.05) is 26.2 Å². The number of aliphatic carboxylic acids is 1. The van der Waals surface area contributed by atoms with E-state index in [4.69, 9.17) is 4.74 Å². The van der Waals surface area contributed by atoms with Crippen LogP contribution in [0.5, 0.6) is 5.75 Å². The van der Waals surface area contributed by atoms with E-state index in [2.05, 4.69) is 5.32 Å². The molecule has 2 N–H and O–H groups in total. The molecule has 3 rings (SSSR count). The van der Waals surface area contributed by atoms with Gasteiger partial charge < -0.3 is 20.1 Å². The lowest BCUT2D eigenvalue weighted by Gasteiger charge is -2.20. The molecule has 0 aliphatic carbocycles. The van der Waals surface area contributed by atoms with Gasteiger partial charge in [0.25, 0.3) is 0 Å². The highest BCUT2D eigenvalue weighted by Crippen LogP contribution is 2.30. The summed E-state index contributed by atoms with van der Waals surface area (Å²) in [7, 11) is 0. The van der Waals surface area contributed by atoms with Crippen LogP contribution in [-0.2, 0) is 4.79 Å². The van der Waals surface area contributed by atoms with Crippen LogP contribution in [0.1, 0.15) is 13.3 Å². The second kappa shape index (κ2) is 8.12. The summed E-state index contributed by atoms with van der Waals surface area (Å²) in [6.45, 7) is 3.03. The number of hydrogen-bond donors (Lipinski definition) is 2. The number of rotatable bonds is 6. The summed E-state index contributed by atoms with van der Waals surface area (Å²) < 4.78 is 5.86. The molecule has 6 heteroatoms. The molecule has 2 amide bonds. The van der Waals surface area contributed by atoms with Gasteiger partial charge in [-0.1, -0.05) is 48.5 Å². The molecule has 142 valence electrons. The van der Waals surface area contributed by atoms with E-state index in [1.807, 2.05) is 54.6 Å². The molecule has 1 aliphatic rings. The second-order valence-corrected chi connectivity index (χ2v) is 6.98.